The zero-order valence-corrected chi connectivity index (χ0v) is 9.62. The van der Waals surface area contributed by atoms with Crippen molar-refractivity contribution in [1.29, 1.82) is 0 Å². The normalized spacial score (nSPS) is 12.1. The average Bonchev–Trinajstić information content (AvgIpc) is 2.22. The second kappa shape index (κ2) is 5.30. The molecule has 1 rings (SSSR count). The van der Waals surface area contributed by atoms with Gasteiger partial charge in [-0.1, -0.05) is 36.9 Å². The maximum absolute atomic E-state index is 4.04. The molecule has 0 saturated carbocycles. The van der Waals surface area contributed by atoms with Crippen LogP contribution in [0, 0.1) is 13.8 Å². The van der Waals surface area contributed by atoms with Crippen molar-refractivity contribution >= 4 is 11.8 Å². The van der Waals surface area contributed by atoms with Crippen molar-refractivity contribution in [2.75, 3.05) is 7.05 Å². The zero-order chi connectivity index (χ0) is 11.3. The van der Waals surface area contributed by atoms with Gasteiger partial charge in [-0.3, -0.25) is 4.99 Å². The Kier molecular flexibility index (Phi) is 4.04. The first kappa shape index (κ1) is 11.4. The monoisotopic (exact) mass is 199 g/mol. The van der Waals surface area contributed by atoms with Crippen molar-refractivity contribution in [2.45, 2.75) is 13.8 Å². The van der Waals surface area contributed by atoms with Gasteiger partial charge in [0.15, 0.2) is 0 Å². The van der Waals surface area contributed by atoms with E-state index in [1.165, 1.54) is 16.7 Å². The lowest BCUT2D eigenvalue weighted by Crippen LogP contribution is -1.89. The molecule has 0 radical (unpaired) electrons. The molecule has 0 atom stereocenters. The van der Waals surface area contributed by atoms with E-state index in [0.717, 1.165) is 5.57 Å². The number of aryl methyl sites for hydroxylation is 2. The Hall–Kier alpha value is -1.63. The molecule has 0 aliphatic carbocycles. The van der Waals surface area contributed by atoms with E-state index in [-0.39, 0.29) is 0 Å². The van der Waals surface area contributed by atoms with E-state index in [4.69, 9.17) is 0 Å². The van der Waals surface area contributed by atoms with Crippen LogP contribution in [0.3, 0.4) is 0 Å². The van der Waals surface area contributed by atoms with Gasteiger partial charge in [0.25, 0.3) is 0 Å². The molecule has 1 nitrogen and oxygen atoms in total. The Bertz CT molecular complexity index is 411. The van der Waals surface area contributed by atoms with Crippen LogP contribution in [0.1, 0.15) is 16.7 Å². The Labute approximate surface area is 91.9 Å². The minimum absolute atomic E-state index is 1.09. The molecule has 0 N–H and O–H groups in total. The summed E-state index contributed by atoms with van der Waals surface area (Å²) in [5, 5.41) is 0. The first-order valence-corrected chi connectivity index (χ1v) is 5.01. The van der Waals surface area contributed by atoms with E-state index in [0.29, 0.717) is 0 Å². The maximum Gasteiger partial charge on any atom is 0.0287 e. The van der Waals surface area contributed by atoms with Gasteiger partial charge >= 0.3 is 0 Å². The highest BCUT2D eigenvalue weighted by Gasteiger charge is 1.99. The van der Waals surface area contributed by atoms with Gasteiger partial charge in [0.1, 0.15) is 0 Å². The summed E-state index contributed by atoms with van der Waals surface area (Å²) in [6.45, 7) is 7.94. The highest BCUT2D eigenvalue weighted by atomic mass is 14.6. The van der Waals surface area contributed by atoms with E-state index in [2.05, 4.69) is 43.6 Å². The van der Waals surface area contributed by atoms with Crippen molar-refractivity contribution in [1.82, 2.24) is 0 Å². The van der Waals surface area contributed by atoms with E-state index >= 15 is 0 Å². The van der Waals surface area contributed by atoms with Crippen LogP contribution in [0.4, 0.5) is 0 Å². The standard InChI is InChI=1S/C14H17N/c1-5-6-14(10-15-4)13-8-7-11(2)12(3)9-13/h5-10H,1H2,2-4H3/b14-6+,15-10?. The molecule has 0 spiro atoms. The maximum atomic E-state index is 4.04. The minimum atomic E-state index is 1.09. The number of aliphatic imine (C=N–C) groups is 1. The predicted molar refractivity (Wildman–Crippen MR) is 68.5 cm³/mol. The molecule has 0 bridgehead atoms. The summed E-state index contributed by atoms with van der Waals surface area (Å²) in [6.07, 6.45) is 5.61. The minimum Gasteiger partial charge on any atom is -0.296 e. The summed E-state index contributed by atoms with van der Waals surface area (Å²) >= 11 is 0. The number of nitrogens with zero attached hydrogens (tertiary/aromatic N) is 1. The third kappa shape index (κ3) is 2.91. The van der Waals surface area contributed by atoms with Gasteiger partial charge in [0.2, 0.25) is 0 Å². The Balaban J connectivity index is 3.18. The molecule has 1 aromatic rings. The van der Waals surface area contributed by atoms with Crippen molar-refractivity contribution in [3.05, 3.63) is 53.6 Å². The molecule has 0 fully saturated rings. The summed E-state index contributed by atoms with van der Waals surface area (Å²) in [5.74, 6) is 0. The van der Waals surface area contributed by atoms with E-state index in [9.17, 15) is 0 Å². The summed E-state index contributed by atoms with van der Waals surface area (Å²) in [7, 11) is 1.78. The van der Waals surface area contributed by atoms with Gasteiger partial charge < -0.3 is 0 Å². The van der Waals surface area contributed by atoms with Gasteiger partial charge in [-0.05, 0) is 36.1 Å². The summed E-state index contributed by atoms with van der Waals surface area (Å²) in [5.41, 5.74) is 4.89. The predicted octanol–water partition coefficient (Wildman–Crippen LogP) is 3.57. The molecule has 0 amide bonds. The summed E-state index contributed by atoms with van der Waals surface area (Å²) < 4.78 is 0. The van der Waals surface area contributed by atoms with Crippen LogP contribution in [0.15, 0.2) is 41.9 Å². The highest BCUT2D eigenvalue weighted by Crippen LogP contribution is 2.16. The van der Waals surface area contributed by atoms with Crippen LogP contribution in [0.25, 0.3) is 5.57 Å². The molecule has 0 heterocycles. The van der Waals surface area contributed by atoms with Crippen LogP contribution in [0.2, 0.25) is 0 Å². The lowest BCUT2D eigenvalue weighted by molar-refractivity contribution is 1.33. The van der Waals surface area contributed by atoms with Gasteiger partial charge in [0, 0.05) is 13.3 Å². The third-order valence-electron chi connectivity index (χ3n) is 2.41. The van der Waals surface area contributed by atoms with Crippen molar-refractivity contribution < 1.29 is 0 Å². The molecule has 0 unspecified atom stereocenters. The third-order valence-corrected chi connectivity index (χ3v) is 2.41. The average molecular weight is 199 g/mol. The number of hydrogen-bond donors (Lipinski definition) is 0. The molecule has 1 heteroatoms. The van der Waals surface area contributed by atoms with Crippen LogP contribution in [0.5, 0.6) is 0 Å². The second-order valence-corrected chi connectivity index (χ2v) is 3.54. The van der Waals surface area contributed by atoms with Gasteiger partial charge in [0.05, 0.1) is 0 Å². The SMILES string of the molecule is C=C/C=C(\C=NC)c1ccc(C)c(C)c1. The van der Waals surface area contributed by atoms with E-state index < -0.39 is 0 Å². The van der Waals surface area contributed by atoms with Gasteiger partial charge in [-0.2, -0.15) is 0 Å². The number of hydrogen-bond acceptors (Lipinski definition) is 1. The molecule has 78 valence electrons. The summed E-state index contributed by atoms with van der Waals surface area (Å²) in [4.78, 5) is 4.04. The number of allylic oxidation sites excluding steroid dienone is 3. The fraction of sp³-hybridized carbons (Fsp3) is 0.214. The molecule has 0 aliphatic heterocycles. The first-order chi connectivity index (χ1) is 7.19. The van der Waals surface area contributed by atoms with E-state index in [1.807, 2.05) is 12.3 Å². The molecular weight excluding hydrogens is 182 g/mol. The highest BCUT2D eigenvalue weighted by molar-refractivity contribution is 6.10. The Morgan fingerprint density at radius 3 is 2.53 bits per heavy atom. The fourth-order valence-electron chi connectivity index (χ4n) is 1.40. The number of rotatable bonds is 3. The topological polar surface area (TPSA) is 12.4 Å². The zero-order valence-electron chi connectivity index (χ0n) is 9.62. The van der Waals surface area contributed by atoms with Crippen molar-refractivity contribution in [3.63, 3.8) is 0 Å². The van der Waals surface area contributed by atoms with Crippen LogP contribution < -0.4 is 0 Å². The second-order valence-electron chi connectivity index (χ2n) is 3.54. The Morgan fingerprint density at radius 2 is 2.00 bits per heavy atom. The summed E-state index contributed by atoms with van der Waals surface area (Å²) in [6, 6.07) is 6.41. The first-order valence-electron chi connectivity index (χ1n) is 5.01. The number of benzene rings is 1. The smallest absolute Gasteiger partial charge is 0.0287 e. The van der Waals surface area contributed by atoms with Crippen LogP contribution in [-0.4, -0.2) is 13.3 Å². The quantitative estimate of drug-likeness (QED) is 0.521. The largest absolute Gasteiger partial charge is 0.296 e. The molecule has 0 aromatic heterocycles. The van der Waals surface area contributed by atoms with Crippen LogP contribution >= 0.6 is 0 Å². The van der Waals surface area contributed by atoms with Crippen LogP contribution in [-0.2, 0) is 0 Å². The molecular formula is C14H17N. The van der Waals surface area contributed by atoms with Crippen molar-refractivity contribution in [3.8, 4) is 0 Å². The van der Waals surface area contributed by atoms with Gasteiger partial charge in [-0.15, -0.1) is 0 Å². The fourth-order valence-corrected chi connectivity index (χ4v) is 1.40. The molecule has 0 aliphatic rings. The lowest BCUT2D eigenvalue weighted by Gasteiger charge is -2.05. The lowest BCUT2D eigenvalue weighted by atomic mass is 10.0. The van der Waals surface area contributed by atoms with Gasteiger partial charge in [-0.25, -0.2) is 0 Å². The molecule has 15 heavy (non-hydrogen) atoms. The van der Waals surface area contributed by atoms with Crippen molar-refractivity contribution in [2.24, 2.45) is 4.99 Å². The molecule has 0 saturated heterocycles. The Morgan fingerprint density at radius 1 is 1.27 bits per heavy atom. The molecule has 1 aromatic carbocycles. The van der Waals surface area contributed by atoms with E-state index in [1.54, 1.807) is 13.1 Å².